The van der Waals surface area contributed by atoms with Gasteiger partial charge in [-0.1, -0.05) is 30.3 Å². The van der Waals surface area contributed by atoms with Gasteiger partial charge in [0.2, 0.25) is 5.91 Å². The number of carbonyl (C=O) groups is 3. The summed E-state index contributed by atoms with van der Waals surface area (Å²) in [6.07, 6.45) is 4.10. The number of aryl methyl sites for hydroxylation is 1. The number of nitrogens with two attached hydrogens (primary N) is 2. The molecule has 0 saturated carbocycles. The second-order valence-electron chi connectivity index (χ2n) is 7.79. The number of hydrogen-bond acceptors (Lipinski definition) is 5. The lowest BCUT2D eigenvalue weighted by molar-refractivity contribution is -0.137. The van der Waals surface area contributed by atoms with Crippen LogP contribution in [0.15, 0.2) is 30.3 Å². The van der Waals surface area contributed by atoms with Gasteiger partial charge in [0.1, 0.15) is 0 Å². The molecule has 0 radical (unpaired) electrons. The molecule has 29 heavy (non-hydrogen) atoms. The highest BCUT2D eigenvalue weighted by atomic mass is 16.4. The lowest BCUT2D eigenvalue weighted by Crippen LogP contribution is -2.50. The van der Waals surface area contributed by atoms with Crippen LogP contribution in [0.3, 0.4) is 0 Å². The molecule has 3 atom stereocenters. The van der Waals surface area contributed by atoms with Crippen molar-refractivity contribution in [1.29, 1.82) is 0 Å². The molecule has 1 aliphatic rings. The maximum absolute atomic E-state index is 12.9. The van der Waals surface area contributed by atoms with Crippen molar-refractivity contribution in [3.63, 3.8) is 0 Å². The van der Waals surface area contributed by atoms with Gasteiger partial charge in [-0.15, -0.1) is 0 Å². The van der Waals surface area contributed by atoms with E-state index >= 15 is 0 Å². The number of carbonyl (C=O) groups excluding carboxylic acids is 2. The summed E-state index contributed by atoms with van der Waals surface area (Å²) >= 11 is 0. The lowest BCUT2D eigenvalue weighted by Gasteiger charge is -2.29. The Morgan fingerprint density at radius 1 is 1.14 bits per heavy atom. The molecule has 1 fully saturated rings. The average molecular weight is 404 g/mol. The number of carboxylic acid groups (broad SMARTS) is 1. The van der Waals surface area contributed by atoms with E-state index in [0.29, 0.717) is 32.4 Å². The van der Waals surface area contributed by atoms with Crippen LogP contribution in [-0.4, -0.2) is 52.8 Å². The molecule has 5 N–H and O–H groups in total. The summed E-state index contributed by atoms with van der Waals surface area (Å²) in [5.74, 6) is -1.42. The molecule has 1 unspecified atom stereocenters. The Bertz CT molecular complexity index is 680. The van der Waals surface area contributed by atoms with E-state index < -0.39 is 12.0 Å². The van der Waals surface area contributed by atoms with Crippen LogP contribution < -0.4 is 11.5 Å². The van der Waals surface area contributed by atoms with E-state index in [1.54, 1.807) is 4.90 Å². The maximum Gasteiger partial charge on any atom is 0.303 e. The van der Waals surface area contributed by atoms with Gasteiger partial charge in [0.25, 0.3) is 0 Å². The number of hydrogen-bond donors (Lipinski definition) is 3. The Morgan fingerprint density at radius 2 is 1.86 bits per heavy atom. The highest BCUT2D eigenvalue weighted by Gasteiger charge is 2.43. The Balaban J connectivity index is 2.01. The van der Waals surface area contributed by atoms with E-state index in [0.717, 1.165) is 19.3 Å². The maximum atomic E-state index is 12.9. The fourth-order valence-electron chi connectivity index (χ4n) is 4.00. The molecule has 1 aliphatic heterocycles. The van der Waals surface area contributed by atoms with E-state index in [1.807, 2.05) is 30.3 Å². The van der Waals surface area contributed by atoms with Crippen molar-refractivity contribution in [2.45, 2.75) is 63.5 Å². The van der Waals surface area contributed by atoms with Gasteiger partial charge in [0.15, 0.2) is 5.78 Å². The van der Waals surface area contributed by atoms with Gasteiger partial charge in [0, 0.05) is 25.3 Å². The molecule has 2 rings (SSSR count). The highest BCUT2D eigenvalue weighted by Crippen LogP contribution is 2.30. The van der Waals surface area contributed by atoms with Gasteiger partial charge >= 0.3 is 5.97 Å². The van der Waals surface area contributed by atoms with Gasteiger partial charge in [-0.3, -0.25) is 14.4 Å². The number of rotatable bonds is 13. The number of benzene rings is 1. The largest absolute Gasteiger partial charge is 0.481 e. The first-order valence-corrected chi connectivity index (χ1v) is 10.5. The molecule has 7 heteroatoms. The highest BCUT2D eigenvalue weighted by molar-refractivity contribution is 5.88. The van der Waals surface area contributed by atoms with E-state index in [2.05, 4.69) is 0 Å². The van der Waals surface area contributed by atoms with E-state index in [9.17, 15) is 14.4 Å². The molecule has 0 aromatic heterocycles. The van der Waals surface area contributed by atoms with Crippen molar-refractivity contribution >= 4 is 17.7 Å². The van der Waals surface area contributed by atoms with Crippen LogP contribution in [0, 0.1) is 5.92 Å². The number of likely N-dealkylation sites (tertiary alicyclic amines) is 1. The summed E-state index contributed by atoms with van der Waals surface area (Å²) in [7, 11) is 0. The third-order valence-corrected chi connectivity index (χ3v) is 5.64. The zero-order chi connectivity index (χ0) is 21.2. The van der Waals surface area contributed by atoms with E-state index in [-0.39, 0.29) is 36.5 Å². The third kappa shape index (κ3) is 6.94. The Labute approximate surface area is 172 Å². The van der Waals surface area contributed by atoms with Crippen molar-refractivity contribution in [2.75, 3.05) is 13.1 Å². The van der Waals surface area contributed by atoms with Gasteiger partial charge in [0.05, 0.1) is 12.1 Å². The molecular formula is C22H33N3O4. The zero-order valence-electron chi connectivity index (χ0n) is 17.0. The number of aliphatic carboxylic acids is 1. The quantitative estimate of drug-likeness (QED) is 0.431. The fourth-order valence-corrected chi connectivity index (χ4v) is 4.00. The zero-order valence-corrected chi connectivity index (χ0v) is 17.0. The molecule has 0 bridgehead atoms. The molecule has 1 amide bonds. The fraction of sp³-hybridized carbons (Fsp3) is 0.591. The van der Waals surface area contributed by atoms with Gasteiger partial charge < -0.3 is 21.5 Å². The van der Waals surface area contributed by atoms with Gasteiger partial charge in [-0.25, -0.2) is 0 Å². The van der Waals surface area contributed by atoms with Crippen LogP contribution in [0.4, 0.5) is 0 Å². The predicted octanol–water partition coefficient (Wildman–Crippen LogP) is 1.73. The number of Topliss-reactive ketones (excluding diaryl/α,β-unsaturated/α-hetero) is 1. The number of nitrogens with zero attached hydrogens (tertiary/aromatic N) is 1. The van der Waals surface area contributed by atoms with E-state index in [4.69, 9.17) is 16.6 Å². The van der Waals surface area contributed by atoms with Crippen LogP contribution >= 0.6 is 0 Å². The third-order valence-electron chi connectivity index (χ3n) is 5.64. The predicted molar refractivity (Wildman–Crippen MR) is 111 cm³/mol. The molecule has 1 heterocycles. The molecule has 1 aromatic rings. The van der Waals surface area contributed by atoms with Crippen LogP contribution in [0.25, 0.3) is 0 Å². The SMILES string of the molecule is NCCCCC(=O)C(N)[C@@H]1C[C@@H](CCC(=O)O)C(=O)N1CCCc1ccccc1. The second kappa shape index (κ2) is 11.7. The summed E-state index contributed by atoms with van der Waals surface area (Å²) in [6, 6.07) is 8.93. The number of unbranched alkanes of at least 4 members (excludes halogenated alkanes) is 1. The minimum Gasteiger partial charge on any atom is -0.481 e. The van der Waals surface area contributed by atoms with Crippen molar-refractivity contribution in [2.24, 2.45) is 17.4 Å². The number of carboxylic acids is 1. The average Bonchev–Trinajstić information content (AvgIpc) is 3.02. The van der Waals surface area contributed by atoms with E-state index in [1.165, 1.54) is 5.56 Å². The van der Waals surface area contributed by atoms with Crippen molar-refractivity contribution in [3.05, 3.63) is 35.9 Å². The van der Waals surface area contributed by atoms with Gasteiger partial charge in [-0.05, 0) is 50.6 Å². The number of amides is 1. The molecule has 1 saturated heterocycles. The van der Waals surface area contributed by atoms with Crippen molar-refractivity contribution in [3.8, 4) is 0 Å². The molecular weight excluding hydrogens is 370 g/mol. The second-order valence-corrected chi connectivity index (χ2v) is 7.79. The Kier molecular flexibility index (Phi) is 9.28. The van der Waals surface area contributed by atoms with Crippen LogP contribution in [-0.2, 0) is 20.8 Å². The van der Waals surface area contributed by atoms with Crippen molar-refractivity contribution in [1.82, 2.24) is 4.90 Å². The van der Waals surface area contributed by atoms with Crippen molar-refractivity contribution < 1.29 is 19.5 Å². The first-order valence-electron chi connectivity index (χ1n) is 10.5. The Hall–Kier alpha value is -2.25. The summed E-state index contributed by atoms with van der Waals surface area (Å²) in [4.78, 5) is 38.1. The molecule has 0 aliphatic carbocycles. The van der Waals surface area contributed by atoms with Crippen LogP contribution in [0.2, 0.25) is 0 Å². The summed E-state index contributed by atoms with van der Waals surface area (Å²) in [6.45, 7) is 1.05. The standard InChI is InChI=1S/C22H33N3O4/c23-13-5-4-10-19(26)21(24)18-15-17(11-12-20(27)28)22(29)25(18)14-6-9-16-7-2-1-3-8-16/h1-3,7-8,17-18,21H,4-6,9-15,23-24H2,(H,27,28)/t17-,18+,21?/m1/s1. The first kappa shape index (κ1) is 23.0. The minimum atomic E-state index is -0.918. The van der Waals surface area contributed by atoms with Crippen LogP contribution in [0.1, 0.15) is 50.5 Å². The monoisotopic (exact) mass is 403 g/mol. The summed E-state index contributed by atoms with van der Waals surface area (Å²) in [5.41, 5.74) is 13.0. The smallest absolute Gasteiger partial charge is 0.303 e. The summed E-state index contributed by atoms with van der Waals surface area (Å²) in [5, 5.41) is 8.96. The molecule has 160 valence electrons. The first-order chi connectivity index (χ1) is 13.9. The molecule has 1 aromatic carbocycles. The topological polar surface area (TPSA) is 127 Å². The normalized spacial score (nSPS) is 20.1. The summed E-state index contributed by atoms with van der Waals surface area (Å²) < 4.78 is 0. The molecule has 7 nitrogen and oxygen atoms in total. The lowest BCUT2D eigenvalue weighted by atomic mass is 9.93. The minimum absolute atomic E-state index is 0.0526. The Morgan fingerprint density at radius 3 is 2.52 bits per heavy atom. The van der Waals surface area contributed by atoms with Crippen LogP contribution in [0.5, 0.6) is 0 Å². The number of ketones is 1. The molecule has 0 spiro atoms. The van der Waals surface area contributed by atoms with Gasteiger partial charge in [-0.2, -0.15) is 0 Å².